The van der Waals surface area contributed by atoms with Crippen LogP contribution in [0.5, 0.6) is 0 Å². The first kappa shape index (κ1) is 18.7. The van der Waals surface area contributed by atoms with Crippen LogP contribution >= 0.6 is 23.4 Å². The zero-order chi connectivity index (χ0) is 18.7. The van der Waals surface area contributed by atoms with E-state index < -0.39 is 11.2 Å². The summed E-state index contributed by atoms with van der Waals surface area (Å²) >= 11 is 7.24. The molecule has 2 aromatic rings. The number of thioether (sulfide) groups is 1. The minimum Gasteiger partial charge on any atom is -0.480 e. The number of carbonyl (C=O) groups is 2. The predicted molar refractivity (Wildman–Crippen MR) is 97.9 cm³/mol. The second kappa shape index (κ2) is 8.09. The van der Waals surface area contributed by atoms with Crippen LogP contribution in [0.15, 0.2) is 28.7 Å². The number of halogens is 1. The van der Waals surface area contributed by atoms with Gasteiger partial charge in [0.2, 0.25) is 17.7 Å². The summed E-state index contributed by atoms with van der Waals surface area (Å²) in [6, 6.07) is 7.31. The Labute approximate surface area is 159 Å². The normalized spacial score (nSPS) is 14.8. The van der Waals surface area contributed by atoms with Gasteiger partial charge in [0.25, 0.3) is 0 Å². The van der Waals surface area contributed by atoms with Crippen LogP contribution in [0.1, 0.15) is 25.7 Å². The molecule has 1 N–H and O–H groups in total. The molecule has 0 spiro atoms. The van der Waals surface area contributed by atoms with Crippen LogP contribution in [0, 0.1) is 0 Å². The molecule has 0 aliphatic heterocycles. The summed E-state index contributed by atoms with van der Waals surface area (Å²) in [7, 11) is 0. The number of carboxylic acids is 1. The first-order valence-electron chi connectivity index (χ1n) is 8.17. The highest BCUT2D eigenvalue weighted by atomic mass is 35.5. The highest BCUT2D eigenvalue weighted by Gasteiger charge is 2.34. The van der Waals surface area contributed by atoms with E-state index in [9.17, 15) is 9.59 Å². The highest BCUT2D eigenvalue weighted by Crippen LogP contribution is 2.30. The molecule has 9 heteroatoms. The molecule has 1 atom stereocenters. The molecular weight excluding hydrogens is 378 g/mol. The Morgan fingerprint density at radius 3 is 2.77 bits per heavy atom. The fourth-order valence-electron chi connectivity index (χ4n) is 2.36. The molecule has 0 unspecified atom stereocenters. The Kier molecular flexibility index (Phi) is 5.83. The summed E-state index contributed by atoms with van der Waals surface area (Å²) in [5.41, 5.74) is 0.642. The third-order valence-corrected chi connectivity index (χ3v) is 5.43. The molecule has 0 radical (unpaired) electrons. The number of hydrogen-bond donors (Lipinski definition) is 1. The fourth-order valence-corrected chi connectivity index (χ4v) is 3.28. The Morgan fingerprint density at radius 2 is 2.12 bits per heavy atom. The first-order valence-corrected chi connectivity index (χ1v) is 9.59. The predicted octanol–water partition coefficient (Wildman–Crippen LogP) is 3.09. The Hall–Kier alpha value is -2.06. The van der Waals surface area contributed by atoms with Crippen molar-refractivity contribution in [3.63, 3.8) is 0 Å². The van der Waals surface area contributed by atoms with Crippen molar-refractivity contribution in [2.24, 2.45) is 0 Å². The van der Waals surface area contributed by atoms with Gasteiger partial charge < -0.3 is 14.4 Å². The lowest BCUT2D eigenvalue weighted by molar-refractivity contribution is -0.136. The lowest BCUT2D eigenvalue weighted by Gasteiger charge is -2.20. The van der Waals surface area contributed by atoms with E-state index >= 15 is 0 Å². The molecule has 1 aromatic carbocycles. The Bertz CT molecular complexity index is 809. The lowest BCUT2D eigenvalue weighted by atomic mass is 10.2. The van der Waals surface area contributed by atoms with E-state index in [4.69, 9.17) is 21.1 Å². The number of aliphatic carboxylic acids is 1. The summed E-state index contributed by atoms with van der Waals surface area (Å²) < 4.78 is 5.67. The van der Waals surface area contributed by atoms with Gasteiger partial charge >= 0.3 is 5.97 Å². The van der Waals surface area contributed by atoms with Crippen molar-refractivity contribution in [3.05, 3.63) is 35.2 Å². The van der Waals surface area contributed by atoms with Gasteiger partial charge in [-0.2, -0.15) is 0 Å². The van der Waals surface area contributed by atoms with Gasteiger partial charge in [0.05, 0.1) is 28.1 Å². The monoisotopic (exact) mass is 395 g/mol. The zero-order valence-corrected chi connectivity index (χ0v) is 15.7. The molecular formula is C17H18ClN3O4S. The third kappa shape index (κ3) is 4.56. The van der Waals surface area contributed by atoms with E-state index in [2.05, 4.69) is 10.2 Å². The quantitative estimate of drug-likeness (QED) is 0.733. The second-order valence-corrected chi connectivity index (χ2v) is 7.76. The molecule has 1 aliphatic carbocycles. The van der Waals surface area contributed by atoms with Crippen molar-refractivity contribution in [3.8, 4) is 11.5 Å². The number of nitrogens with zero attached hydrogens (tertiary/aromatic N) is 3. The maximum absolute atomic E-state index is 12.5. The second-order valence-electron chi connectivity index (χ2n) is 6.03. The summed E-state index contributed by atoms with van der Waals surface area (Å²) in [6.07, 6.45) is 1.85. The van der Waals surface area contributed by atoms with Gasteiger partial charge in [-0.25, -0.2) is 0 Å². The van der Waals surface area contributed by atoms with E-state index in [0.29, 0.717) is 22.4 Å². The van der Waals surface area contributed by atoms with Gasteiger partial charge in [-0.1, -0.05) is 23.7 Å². The van der Waals surface area contributed by atoms with E-state index in [1.807, 2.05) is 12.1 Å². The first-order chi connectivity index (χ1) is 12.5. The number of hydrogen-bond acceptors (Lipinski definition) is 6. The summed E-state index contributed by atoms with van der Waals surface area (Å²) in [6.45, 7) is 1.78. The molecule has 1 heterocycles. The zero-order valence-electron chi connectivity index (χ0n) is 14.1. The van der Waals surface area contributed by atoms with Crippen molar-refractivity contribution in [1.29, 1.82) is 0 Å². The molecule has 1 amide bonds. The summed E-state index contributed by atoms with van der Waals surface area (Å²) in [5, 5.41) is 16.8. The topological polar surface area (TPSA) is 96.5 Å². The van der Waals surface area contributed by atoms with Gasteiger partial charge in [-0.3, -0.25) is 9.59 Å². The number of aromatic nitrogens is 2. The minimum atomic E-state index is -0.929. The van der Waals surface area contributed by atoms with Gasteiger partial charge in [-0.15, -0.1) is 22.0 Å². The standard InChI is InChI=1S/C17H18ClN3O4S/c1-10(17(23)24)26-9-15(22)21(11-6-7-11)8-14-19-20-16(25-14)12-4-2-3-5-13(12)18/h2-5,10-11H,6-9H2,1H3,(H,23,24)/t10-/m1/s1. The summed E-state index contributed by atoms with van der Waals surface area (Å²) in [4.78, 5) is 25.1. The van der Waals surface area contributed by atoms with E-state index in [-0.39, 0.29) is 24.2 Å². The number of rotatable bonds is 8. The van der Waals surface area contributed by atoms with Gasteiger partial charge in [0.1, 0.15) is 0 Å². The molecule has 7 nitrogen and oxygen atoms in total. The van der Waals surface area contributed by atoms with Crippen molar-refractivity contribution < 1.29 is 19.1 Å². The smallest absolute Gasteiger partial charge is 0.316 e. The van der Waals surface area contributed by atoms with Crippen LogP contribution in [0.25, 0.3) is 11.5 Å². The molecule has 1 fully saturated rings. The van der Waals surface area contributed by atoms with E-state index in [0.717, 1.165) is 24.6 Å². The van der Waals surface area contributed by atoms with Crippen molar-refractivity contribution in [1.82, 2.24) is 15.1 Å². The Balaban J connectivity index is 1.67. The average Bonchev–Trinajstić information content (AvgIpc) is 3.36. The number of amides is 1. The third-order valence-electron chi connectivity index (χ3n) is 3.99. The van der Waals surface area contributed by atoms with Gasteiger partial charge in [0, 0.05) is 6.04 Å². The largest absolute Gasteiger partial charge is 0.480 e. The van der Waals surface area contributed by atoms with Crippen molar-refractivity contribution >= 4 is 35.2 Å². The fraction of sp³-hybridized carbons (Fsp3) is 0.412. The van der Waals surface area contributed by atoms with E-state index in [1.54, 1.807) is 24.0 Å². The van der Waals surface area contributed by atoms with E-state index in [1.165, 1.54) is 0 Å². The van der Waals surface area contributed by atoms with Crippen molar-refractivity contribution in [2.75, 3.05) is 5.75 Å². The molecule has 1 aliphatic rings. The SMILES string of the molecule is C[C@@H](SCC(=O)N(Cc1nnc(-c2ccccc2Cl)o1)C1CC1)C(=O)O. The molecule has 0 saturated heterocycles. The molecule has 0 bridgehead atoms. The number of carbonyl (C=O) groups excluding carboxylic acids is 1. The molecule has 3 rings (SSSR count). The highest BCUT2D eigenvalue weighted by molar-refractivity contribution is 8.01. The van der Waals surface area contributed by atoms with Crippen LogP contribution < -0.4 is 0 Å². The maximum Gasteiger partial charge on any atom is 0.316 e. The molecule has 1 saturated carbocycles. The number of carboxylic acid groups (broad SMARTS) is 1. The van der Waals surface area contributed by atoms with Crippen molar-refractivity contribution in [2.45, 2.75) is 37.6 Å². The van der Waals surface area contributed by atoms with Gasteiger partial charge in [0.15, 0.2) is 0 Å². The average molecular weight is 396 g/mol. The molecule has 138 valence electrons. The molecule has 26 heavy (non-hydrogen) atoms. The Morgan fingerprint density at radius 1 is 1.38 bits per heavy atom. The number of benzene rings is 1. The van der Waals surface area contributed by atoms with Crippen LogP contribution in [0.3, 0.4) is 0 Å². The lowest BCUT2D eigenvalue weighted by Crippen LogP contribution is -2.34. The van der Waals surface area contributed by atoms with Crippen LogP contribution in [0.4, 0.5) is 0 Å². The van der Waals surface area contributed by atoms with Gasteiger partial charge in [-0.05, 0) is 31.9 Å². The maximum atomic E-state index is 12.5. The minimum absolute atomic E-state index is 0.107. The van der Waals surface area contributed by atoms with Crippen LogP contribution in [0.2, 0.25) is 5.02 Å². The van der Waals surface area contributed by atoms with Crippen LogP contribution in [-0.2, 0) is 16.1 Å². The summed E-state index contributed by atoms with van der Waals surface area (Å²) in [5.74, 6) is -0.306. The molecule has 1 aromatic heterocycles. The van der Waals surface area contributed by atoms with Crippen LogP contribution in [-0.4, -0.2) is 49.1 Å².